The Morgan fingerprint density at radius 3 is 1.28 bits per heavy atom. The van der Waals surface area contributed by atoms with Crippen LogP contribution >= 0.6 is 7.82 Å². The van der Waals surface area contributed by atoms with E-state index in [1.54, 1.807) is 0 Å². The molecule has 0 aromatic carbocycles. The topological polar surface area (TPSA) is 114 Å². The van der Waals surface area contributed by atoms with E-state index < -0.39 is 26.6 Å². The van der Waals surface area contributed by atoms with Crippen molar-refractivity contribution in [3.8, 4) is 0 Å². The lowest BCUT2D eigenvalue weighted by Gasteiger charge is -2.30. The minimum absolute atomic E-state index is 0.0245. The Hall–Kier alpha value is -2.29. The quantitative estimate of drug-likeness (QED) is 0.0212. The molecule has 0 fully saturated rings. The number of likely N-dealkylation sites (N-methyl/N-ethyl adjacent to an activating group) is 1. The van der Waals surface area contributed by atoms with Crippen LogP contribution in [0.1, 0.15) is 297 Å². The predicted molar refractivity (Wildman–Crippen MR) is 325 cm³/mol. The zero-order chi connectivity index (χ0) is 55.7. The first kappa shape index (κ1) is 73.7. The van der Waals surface area contributed by atoms with Crippen molar-refractivity contribution in [1.82, 2.24) is 5.32 Å². The van der Waals surface area contributed by atoms with E-state index >= 15 is 0 Å². The second kappa shape index (κ2) is 56.0. The van der Waals surface area contributed by atoms with Gasteiger partial charge in [-0.15, -0.1) is 0 Å². The zero-order valence-electron chi connectivity index (χ0n) is 50.7. The summed E-state index contributed by atoms with van der Waals surface area (Å²) in [6.07, 6.45) is 70.5. The van der Waals surface area contributed by atoms with Gasteiger partial charge in [0, 0.05) is 12.8 Å². The van der Waals surface area contributed by atoms with Crippen LogP contribution in [0.2, 0.25) is 0 Å². The summed E-state index contributed by atoms with van der Waals surface area (Å²) in [6, 6.07) is -0.893. The number of unbranched alkanes of at least 4 members (excludes halogenated alkanes) is 34. The molecule has 0 bridgehead atoms. The fourth-order valence-corrected chi connectivity index (χ4v) is 9.96. The molecule has 0 spiro atoms. The Balaban J connectivity index is 5.17. The number of carbonyl (C=O) groups is 2. The molecule has 0 aliphatic carbocycles. The molecule has 0 aromatic rings. The zero-order valence-corrected chi connectivity index (χ0v) is 51.6. The van der Waals surface area contributed by atoms with Gasteiger partial charge in [-0.2, -0.15) is 0 Å². The average Bonchev–Trinajstić information content (AvgIpc) is 3.38. The Morgan fingerprint density at radius 2 is 0.842 bits per heavy atom. The number of hydrogen-bond donors (Lipinski definition) is 1. The van der Waals surface area contributed by atoms with E-state index in [9.17, 15) is 19.0 Å². The molecule has 0 aliphatic heterocycles. The number of carbonyl (C=O) groups excluding carboxylic acids is 2. The first-order chi connectivity index (χ1) is 36.9. The number of nitrogens with one attached hydrogen (secondary N) is 1. The summed E-state index contributed by atoms with van der Waals surface area (Å²) in [7, 11) is 1.18. The summed E-state index contributed by atoms with van der Waals surface area (Å²) < 4.78 is 30.3. The maximum Gasteiger partial charge on any atom is 0.306 e. The number of ether oxygens (including phenoxy) is 1. The van der Waals surface area contributed by atoms with E-state index in [4.69, 9.17) is 13.8 Å². The molecule has 0 rings (SSSR count). The van der Waals surface area contributed by atoms with Crippen molar-refractivity contribution in [2.45, 2.75) is 309 Å². The van der Waals surface area contributed by atoms with Crippen molar-refractivity contribution in [1.29, 1.82) is 0 Å². The Morgan fingerprint density at radius 1 is 0.474 bits per heavy atom. The SMILES string of the molecule is CC/C=C/C/C=C/CCCCCCCCCC(=O)NC(COP(=O)([O-])OCC[N+](C)(C)C)C(/C=C\CCCCCCCCCCCCC)OC(=O)CCCCCCCCCCCCCCC/C=C\C/C=C\CCCCC. The summed E-state index contributed by atoms with van der Waals surface area (Å²) >= 11 is 0. The summed E-state index contributed by atoms with van der Waals surface area (Å²) in [5.41, 5.74) is 0. The highest BCUT2D eigenvalue weighted by atomic mass is 31.2. The molecule has 0 saturated heterocycles. The summed E-state index contributed by atoms with van der Waals surface area (Å²) in [6.45, 7) is 6.73. The van der Waals surface area contributed by atoms with Gasteiger partial charge in [-0.1, -0.05) is 255 Å². The standard InChI is InChI=1S/C66H123N2O7P/c1-7-10-13-16-19-22-25-28-30-31-32-33-34-35-36-37-38-41-44-47-50-53-56-59-66(70)75-64(57-54-51-48-45-42-39-27-24-21-18-15-12-9-3)63(62-74-76(71,72)73-61-60-68(4,5)6)67-65(69)58-55-52-49-46-43-40-29-26-23-20-17-14-11-8-2/h11,14,19-20,22-23,28,30,54,57,63-64H,7-10,12-13,15-18,21,24-27,29,31-53,55-56,58-62H2,1-6H3,(H-,67,69,71,72)/b14-11+,22-19-,23-20+,30-28-,57-54-. The number of hydrogen-bond acceptors (Lipinski definition) is 7. The molecule has 9 nitrogen and oxygen atoms in total. The minimum Gasteiger partial charge on any atom is -0.756 e. The van der Waals surface area contributed by atoms with Gasteiger partial charge in [0.15, 0.2) is 0 Å². The van der Waals surface area contributed by atoms with Crippen LogP contribution in [0.5, 0.6) is 0 Å². The van der Waals surface area contributed by atoms with Gasteiger partial charge in [-0.25, -0.2) is 0 Å². The summed E-state index contributed by atoms with van der Waals surface area (Å²) in [4.78, 5) is 40.0. The molecule has 0 saturated carbocycles. The van der Waals surface area contributed by atoms with Crippen LogP contribution in [0.15, 0.2) is 60.8 Å². The second-order valence-corrected chi connectivity index (χ2v) is 24.3. The molecule has 444 valence electrons. The van der Waals surface area contributed by atoms with E-state index in [1.165, 1.54) is 173 Å². The molecule has 1 N–H and O–H groups in total. The van der Waals surface area contributed by atoms with Gasteiger partial charge in [0.2, 0.25) is 5.91 Å². The summed E-state index contributed by atoms with van der Waals surface area (Å²) in [5.74, 6) is -0.544. The Kier molecular flexibility index (Phi) is 54.3. The Labute approximate surface area is 471 Å². The van der Waals surface area contributed by atoms with Gasteiger partial charge < -0.3 is 28.5 Å². The summed E-state index contributed by atoms with van der Waals surface area (Å²) in [5, 5.41) is 3.03. The molecule has 10 heteroatoms. The fourth-order valence-electron chi connectivity index (χ4n) is 9.24. The number of allylic oxidation sites excluding steroid dienone is 9. The normalized spacial score (nSPS) is 14.0. The van der Waals surface area contributed by atoms with Crippen molar-refractivity contribution in [2.75, 3.05) is 40.9 Å². The predicted octanol–water partition coefficient (Wildman–Crippen LogP) is 19.2. The molecule has 0 heterocycles. The molecular formula is C66H123N2O7P. The van der Waals surface area contributed by atoms with Gasteiger partial charge in [0.25, 0.3) is 7.82 Å². The van der Waals surface area contributed by atoms with Crippen LogP contribution in [-0.2, 0) is 27.9 Å². The van der Waals surface area contributed by atoms with Crippen LogP contribution in [0, 0.1) is 0 Å². The van der Waals surface area contributed by atoms with Crippen LogP contribution in [0.4, 0.5) is 0 Å². The highest BCUT2D eigenvalue weighted by molar-refractivity contribution is 7.45. The van der Waals surface area contributed by atoms with E-state index in [0.717, 1.165) is 89.9 Å². The maximum atomic E-state index is 13.5. The molecular weight excluding hydrogens is 964 g/mol. The van der Waals surface area contributed by atoms with E-state index in [0.29, 0.717) is 17.4 Å². The third-order valence-corrected chi connectivity index (χ3v) is 15.1. The molecule has 1 amide bonds. The molecule has 0 radical (unpaired) electrons. The van der Waals surface area contributed by atoms with Crippen LogP contribution in [0.3, 0.4) is 0 Å². The number of phosphoric acid groups is 1. The van der Waals surface area contributed by atoms with E-state index in [2.05, 4.69) is 74.7 Å². The molecule has 76 heavy (non-hydrogen) atoms. The van der Waals surface area contributed by atoms with Gasteiger partial charge in [-0.05, 0) is 89.5 Å². The minimum atomic E-state index is -4.70. The second-order valence-electron chi connectivity index (χ2n) is 22.9. The third kappa shape index (κ3) is 56.4. The lowest BCUT2D eigenvalue weighted by atomic mass is 10.0. The van der Waals surface area contributed by atoms with Crippen molar-refractivity contribution in [3.63, 3.8) is 0 Å². The van der Waals surface area contributed by atoms with Crippen molar-refractivity contribution >= 4 is 19.7 Å². The molecule has 0 aromatic heterocycles. The lowest BCUT2D eigenvalue weighted by molar-refractivity contribution is -0.870. The Bertz CT molecular complexity index is 1490. The maximum absolute atomic E-state index is 13.5. The first-order valence-electron chi connectivity index (χ1n) is 32.1. The number of esters is 1. The molecule has 0 aliphatic rings. The first-order valence-corrected chi connectivity index (χ1v) is 33.6. The fraction of sp³-hybridized carbons (Fsp3) is 0.818. The van der Waals surface area contributed by atoms with Crippen molar-refractivity contribution in [2.24, 2.45) is 0 Å². The number of rotatable bonds is 58. The third-order valence-electron chi connectivity index (χ3n) is 14.2. The molecule has 3 unspecified atom stereocenters. The highest BCUT2D eigenvalue weighted by Gasteiger charge is 2.27. The van der Waals surface area contributed by atoms with Gasteiger partial charge in [-0.3, -0.25) is 14.2 Å². The number of phosphoric ester groups is 1. The number of nitrogens with zero attached hydrogens (tertiary/aromatic N) is 1. The highest BCUT2D eigenvalue weighted by Crippen LogP contribution is 2.38. The molecule has 3 atom stereocenters. The van der Waals surface area contributed by atoms with Crippen molar-refractivity contribution in [3.05, 3.63) is 60.8 Å². The van der Waals surface area contributed by atoms with Crippen LogP contribution in [0.25, 0.3) is 0 Å². The van der Waals surface area contributed by atoms with Gasteiger partial charge in [0.1, 0.15) is 19.3 Å². The van der Waals surface area contributed by atoms with Crippen LogP contribution < -0.4 is 10.2 Å². The van der Waals surface area contributed by atoms with Gasteiger partial charge in [0.05, 0.1) is 33.8 Å². The van der Waals surface area contributed by atoms with Gasteiger partial charge >= 0.3 is 5.97 Å². The largest absolute Gasteiger partial charge is 0.756 e. The van der Waals surface area contributed by atoms with E-state index in [1.807, 2.05) is 33.3 Å². The lowest BCUT2D eigenvalue weighted by Crippen LogP contribution is -2.47. The smallest absolute Gasteiger partial charge is 0.306 e. The number of quaternary nitrogens is 1. The average molecular weight is 1090 g/mol. The van der Waals surface area contributed by atoms with Crippen LogP contribution in [-0.4, -0.2) is 69.4 Å². The monoisotopic (exact) mass is 1090 g/mol. The van der Waals surface area contributed by atoms with E-state index in [-0.39, 0.29) is 24.9 Å². The number of amides is 1. The van der Waals surface area contributed by atoms with Crippen molar-refractivity contribution < 1.29 is 37.3 Å².